The van der Waals surface area contributed by atoms with Gasteiger partial charge in [-0.05, 0) is 43.5 Å². The van der Waals surface area contributed by atoms with Crippen molar-refractivity contribution in [1.82, 2.24) is 9.35 Å². The molecule has 0 saturated carbocycles. The molecule has 0 fully saturated rings. The van der Waals surface area contributed by atoms with Crippen molar-refractivity contribution in [3.05, 3.63) is 144 Å². The first-order chi connectivity index (χ1) is 18.7. The summed E-state index contributed by atoms with van der Waals surface area (Å²) in [5, 5.41) is 13.0. The normalized spacial score (nSPS) is 14.7. The molecule has 0 N–H and O–H groups in total. The van der Waals surface area contributed by atoms with Crippen LogP contribution in [0.1, 0.15) is 22.5 Å². The topological polar surface area (TPSA) is 34.6 Å². The van der Waals surface area contributed by atoms with Crippen LogP contribution >= 0.6 is 0 Å². The molecule has 0 radical (unpaired) electrons. The van der Waals surface area contributed by atoms with Gasteiger partial charge >= 0.3 is 0 Å². The average molecular weight is 491 g/mol. The summed E-state index contributed by atoms with van der Waals surface area (Å²) < 4.78 is 4.09. The number of nitrogens with zero attached hydrogens (tertiary/aromatic N) is 4. The van der Waals surface area contributed by atoms with Gasteiger partial charge in [-0.1, -0.05) is 97.1 Å². The Morgan fingerprint density at radius 3 is 1.34 bits per heavy atom. The molecule has 4 nitrogen and oxygen atoms in total. The predicted molar refractivity (Wildman–Crippen MR) is 157 cm³/mol. The molecule has 0 unspecified atom stereocenters. The van der Waals surface area contributed by atoms with Gasteiger partial charge in [-0.25, -0.2) is 9.35 Å². The molecule has 0 atom stereocenters. The summed E-state index contributed by atoms with van der Waals surface area (Å²) in [4.78, 5) is 0. The Kier molecular flexibility index (Phi) is 5.19. The molecule has 1 aliphatic carbocycles. The maximum absolute atomic E-state index is 5.32. The van der Waals surface area contributed by atoms with E-state index in [2.05, 4.69) is 123 Å². The molecule has 6 aromatic rings. The van der Waals surface area contributed by atoms with Crippen molar-refractivity contribution in [2.45, 2.75) is 13.8 Å². The van der Waals surface area contributed by atoms with Crippen LogP contribution in [0.5, 0.6) is 0 Å². The summed E-state index contributed by atoms with van der Waals surface area (Å²) >= 11 is 0. The van der Waals surface area contributed by atoms with Crippen molar-refractivity contribution in [3.8, 4) is 22.5 Å². The van der Waals surface area contributed by atoms with Crippen molar-refractivity contribution in [2.75, 3.05) is 0 Å². The predicted octanol–water partition coefficient (Wildman–Crippen LogP) is 7.91. The molecule has 2 aromatic heterocycles. The third-order valence-corrected chi connectivity index (χ3v) is 7.27. The Bertz CT molecular complexity index is 1730. The second-order valence-corrected chi connectivity index (χ2v) is 9.68. The van der Waals surface area contributed by atoms with Crippen molar-refractivity contribution in [2.24, 2.45) is 10.2 Å². The first-order valence-electron chi connectivity index (χ1n) is 12.9. The van der Waals surface area contributed by atoms with E-state index in [1.165, 1.54) is 10.8 Å². The molecule has 4 aromatic carbocycles. The molecule has 4 heteroatoms. The van der Waals surface area contributed by atoms with Crippen LogP contribution in [0.25, 0.3) is 33.3 Å². The SMILES string of the molecule is Cc1ccc(-c2ccccc2)n1N=C1C(=Nn2c(C)ccc2-c2ccccc2)c2cccc3cccc1c23. The lowest BCUT2D eigenvalue weighted by atomic mass is 10.1. The molecule has 0 bridgehead atoms. The van der Waals surface area contributed by atoms with Gasteiger partial charge in [0, 0.05) is 39.0 Å². The van der Waals surface area contributed by atoms with Crippen molar-refractivity contribution in [1.29, 1.82) is 0 Å². The molecule has 0 saturated heterocycles. The Morgan fingerprint density at radius 1 is 0.447 bits per heavy atom. The highest BCUT2D eigenvalue weighted by atomic mass is 15.4. The van der Waals surface area contributed by atoms with E-state index in [9.17, 15) is 0 Å². The fourth-order valence-corrected chi connectivity index (χ4v) is 5.38. The molecule has 1 aliphatic rings. The quantitative estimate of drug-likeness (QED) is 0.241. The molecular weight excluding hydrogens is 464 g/mol. The maximum Gasteiger partial charge on any atom is 0.120 e. The molecule has 182 valence electrons. The number of hydrogen-bond donors (Lipinski definition) is 0. The molecule has 38 heavy (non-hydrogen) atoms. The minimum atomic E-state index is 0.875. The number of aromatic nitrogens is 2. The zero-order valence-corrected chi connectivity index (χ0v) is 21.3. The lowest BCUT2D eigenvalue weighted by Crippen LogP contribution is -2.16. The number of benzene rings is 4. The van der Waals surface area contributed by atoms with Crippen molar-refractivity contribution < 1.29 is 0 Å². The van der Waals surface area contributed by atoms with Gasteiger partial charge in [-0.3, -0.25) is 0 Å². The van der Waals surface area contributed by atoms with Gasteiger partial charge in [0.25, 0.3) is 0 Å². The first-order valence-corrected chi connectivity index (χ1v) is 12.9. The van der Waals surface area contributed by atoms with Crippen LogP contribution in [0.3, 0.4) is 0 Å². The van der Waals surface area contributed by atoms with Crippen LogP contribution in [-0.4, -0.2) is 20.8 Å². The number of aryl methyl sites for hydroxylation is 2. The molecule has 7 rings (SSSR count). The van der Waals surface area contributed by atoms with Crippen molar-refractivity contribution >= 4 is 22.2 Å². The highest BCUT2D eigenvalue weighted by molar-refractivity contribution is 6.60. The molecule has 0 aliphatic heterocycles. The van der Waals surface area contributed by atoms with E-state index in [-0.39, 0.29) is 0 Å². The fraction of sp³-hybridized carbons (Fsp3) is 0.0588. The van der Waals surface area contributed by atoms with Crippen LogP contribution in [-0.2, 0) is 0 Å². The zero-order chi connectivity index (χ0) is 25.6. The van der Waals surface area contributed by atoms with E-state index in [0.717, 1.165) is 56.5 Å². The second-order valence-electron chi connectivity index (χ2n) is 9.68. The highest BCUT2D eigenvalue weighted by Crippen LogP contribution is 2.34. The second kappa shape index (κ2) is 8.86. The van der Waals surface area contributed by atoms with Crippen LogP contribution in [0.4, 0.5) is 0 Å². The van der Waals surface area contributed by atoms with E-state index in [4.69, 9.17) is 10.2 Å². The first kappa shape index (κ1) is 22.3. The monoisotopic (exact) mass is 490 g/mol. The van der Waals surface area contributed by atoms with Gasteiger partial charge in [0.15, 0.2) is 0 Å². The van der Waals surface area contributed by atoms with E-state index in [1.807, 2.05) is 21.5 Å². The van der Waals surface area contributed by atoms with Crippen LogP contribution in [0.2, 0.25) is 0 Å². The summed E-state index contributed by atoms with van der Waals surface area (Å²) in [7, 11) is 0. The van der Waals surface area contributed by atoms with Gasteiger partial charge in [-0.2, -0.15) is 10.2 Å². The highest BCUT2D eigenvalue weighted by Gasteiger charge is 2.29. The fourth-order valence-electron chi connectivity index (χ4n) is 5.38. The molecule has 0 amide bonds. The molecule has 2 heterocycles. The molecular formula is C34H26N4. The van der Waals surface area contributed by atoms with E-state index in [0.29, 0.717) is 0 Å². The lowest BCUT2D eigenvalue weighted by molar-refractivity contribution is 0.850. The Balaban J connectivity index is 1.49. The largest absolute Gasteiger partial charge is 0.237 e. The van der Waals surface area contributed by atoms with Crippen LogP contribution in [0, 0.1) is 13.8 Å². The van der Waals surface area contributed by atoms with Crippen LogP contribution in [0.15, 0.2) is 132 Å². The smallest absolute Gasteiger partial charge is 0.120 e. The van der Waals surface area contributed by atoms with Gasteiger partial charge in [0.2, 0.25) is 0 Å². The summed E-state index contributed by atoms with van der Waals surface area (Å²) in [6.07, 6.45) is 0. The number of hydrogen-bond acceptors (Lipinski definition) is 2. The third kappa shape index (κ3) is 3.53. The minimum absolute atomic E-state index is 0.875. The number of rotatable bonds is 4. The van der Waals surface area contributed by atoms with Gasteiger partial charge < -0.3 is 0 Å². The van der Waals surface area contributed by atoms with E-state index < -0.39 is 0 Å². The lowest BCUT2D eigenvalue weighted by Gasteiger charge is -2.11. The summed E-state index contributed by atoms with van der Waals surface area (Å²) in [5.74, 6) is 0. The van der Waals surface area contributed by atoms with Crippen molar-refractivity contribution in [3.63, 3.8) is 0 Å². The third-order valence-electron chi connectivity index (χ3n) is 7.27. The standard InChI is InChI=1S/C34H26N4/c1-23-19-21-30(25-11-5-3-6-12-25)37(23)35-33-28-17-9-15-27-16-10-18-29(32(27)28)34(33)36-38-24(2)20-22-31(38)26-13-7-4-8-14-26/h3-22H,1-2H3. The van der Waals surface area contributed by atoms with Crippen LogP contribution < -0.4 is 0 Å². The summed E-state index contributed by atoms with van der Waals surface area (Å²) in [6, 6.07) is 42.2. The van der Waals surface area contributed by atoms with E-state index in [1.54, 1.807) is 0 Å². The Hall–Kier alpha value is -4.96. The summed E-state index contributed by atoms with van der Waals surface area (Å²) in [5.41, 5.74) is 10.5. The summed E-state index contributed by atoms with van der Waals surface area (Å²) in [6.45, 7) is 4.19. The van der Waals surface area contributed by atoms with E-state index >= 15 is 0 Å². The Labute approximate surface area is 221 Å². The average Bonchev–Trinajstić information content (AvgIpc) is 3.61. The van der Waals surface area contributed by atoms with Gasteiger partial charge in [-0.15, -0.1) is 0 Å². The Morgan fingerprint density at radius 2 is 0.895 bits per heavy atom. The maximum atomic E-state index is 5.32. The van der Waals surface area contributed by atoms with Gasteiger partial charge in [0.1, 0.15) is 11.4 Å². The van der Waals surface area contributed by atoms with Gasteiger partial charge in [0.05, 0.1) is 11.4 Å². The molecule has 0 spiro atoms. The minimum Gasteiger partial charge on any atom is -0.237 e. The zero-order valence-electron chi connectivity index (χ0n) is 21.3.